The number of fused-ring (bicyclic) bond motifs is 1. The van der Waals surface area contributed by atoms with Crippen LogP contribution < -0.4 is 4.74 Å². The highest BCUT2D eigenvalue weighted by Crippen LogP contribution is 2.22. The van der Waals surface area contributed by atoms with Crippen molar-refractivity contribution in [3.63, 3.8) is 0 Å². The number of hydrogen-bond acceptors (Lipinski definition) is 4. The molecule has 25 heavy (non-hydrogen) atoms. The molecule has 2 rings (SSSR count). The van der Waals surface area contributed by atoms with Crippen molar-refractivity contribution < 1.29 is 24.5 Å². The number of likely N-dealkylation sites (N-methyl/N-ethyl adjacent to an activating group) is 1. The number of rotatable bonds is 6. The molecule has 2 N–H and O–H groups in total. The van der Waals surface area contributed by atoms with Gasteiger partial charge in [-0.1, -0.05) is 0 Å². The quantitative estimate of drug-likeness (QED) is 0.779. The molecule has 0 radical (unpaired) electrons. The minimum Gasteiger partial charge on any atom is -0.497 e. The minimum absolute atomic E-state index is 0.521. The highest BCUT2D eigenvalue weighted by atomic mass is 16.5. The lowest BCUT2D eigenvalue weighted by Gasteiger charge is -2.20. The Bertz CT molecular complexity index is 733. The average molecular weight is 348 g/mol. The molecule has 0 bridgehead atoms. The van der Waals surface area contributed by atoms with E-state index < -0.39 is 11.9 Å². The Morgan fingerprint density at radius 2 is 1.80 bits per heavy atom. The monoisotopic (exact) mass is 348 g/mol. The molecule has 0 aliphatic heterocycles. The van der Waals surface area contributed by atoms with Crippen LogP contribution in [0.3, 0.4) is 0 Å². The molecule has 2 aromatic rings. The number of aliphatic carboxylic acids is 2. The molecule has 0 aliphatic rings. The second kappa shape index (κ2) is 9.48. The molecule has 0 amide bonds. The van der Waals surface area contributed by atoms with E-state index in [1.165, 1.54) is 10.9 Å². The Morgan fingerprint density at radius 3 is 2.28 bits per heavy atom. The van der Waals surface area contributed by atoms with Crippen LogP contribution in [-0.2, 0) is 16.1 Å². The van der Waals surface area contributed by atoms with Crippen LogP contribution in [0.25, 0.3) is 10.9 Å². The molecule has 0 unspecified atom stereocenters. The number of benzene rings is 1. The largest absolute Gasteiger partial charge is 0.497 e. The summed E-state index contributed by atoms with van der Waals surface area (Å²) < 4.78 is 7.52. The SMILES string of the molecule is COc1ccc2c(ccn2C[C@@H](C)N(C)C)c1.O=C(O)/C=C\C(=O)O. The molecule has 136 valence electrons. The molecule has 7 nitrogen and oxygen atoms in total. The molecular weight excluding hydrogens is 324 g/mol. The zero-order chi connectivity index (χ0) is 19.0. The smallest absolute Gasteiger partial charge is 0.328 e. The van der Waals surface area contributed by atoms with Crippen molar-refractivity contribution in [1.82, 2.24) is 9.47 Å². The van der Waals surface area contributed by atoms with Gasteiger partial charge in [0.15, 0.2) is 0 Å². The Balaban J connectivity index is 0.000000333. The Kier molecular flexibility index (Phi) is 7.68. The molecule has 1 aromatic carbocycles. The maximum Gasteiger partial charge on any atom is 0.328 e. The van der Waals surface area contributed by atoms with Gasteiger partial charge in [-0.25, -0.2) is 9.59 Å². The van der Waals surface area contributed by atoms with E-state index in [1.54, 1.807) is 7.11 Å². The van der Waals surface area contributed by atoms with Crippen LogP contribution in [0.2, 0.25) is 0 Å². The summed E-state index contributed by atoms with van der Waals surface area (Å²) in [5, 5.41) is 16.9. The maximum atomic E-state index is 9.55. The molecule has 7 heteroatoms. The third kappa shape index (κ3) is 6.68. The number of methoxy groups -OCH3 is 1. The molecule has 0 spiro atoms. The summed E-state index contributed by atoms with van der Waals surface area (Å²) in [6.07, 6.45) is 3.26. The normalized spacial score (nSPS) is 12.0. The van der Waals surface area contributed by atoms with Gasteiger partial charge in [-0.2, -0.15) is 0 Å². The highest BCUT2D eigenvalue weighted by molar-refractivity contribution is 5.89. The lowest BCUT2D eigenvalue weighted by atomic mass is 10.2. The van der Waals surface area contributed by atoms with Crippen molar-refractivity contribution in [2.45, 2.75) is 19.5 Å². The molecule has 1 heterocycles. The van der Waals surface area contributed by atoms with Gasteiger partial charge < -0.3 is 24.4 Å². The van der Waals surface area contributed by atoms with Crippen molar-refractivity contribution in [3.8, 4) is 5.75 Å². The van der Waals surface area contributed by atoms with E-state index in [0.29, 0.717) is 18.2 Å². The average Bonchev–Trinajstić information content (AvgIpc) is 2.95. The van der Waals surface area contributed by atoms with E-state index in [0.717, 1.165) is 12.3 Å². The van der Waals surface area contributed by atoms with Crippen LogP contribution >= 0.6 is 0 Å². The number of aromatic nitrogens is 1. The molecule has 0 aliphatic carbocycles. The lowest BCUT2D eigenvalue weighted by Crippen LogP contribution is -2.28. The summed E-state index contributed by atoms with van der Waals surface area (Å²) >= 11 is 0. The summed E-state index contributed by atoms with van der Waals surface area (Å²) in [7, 11) is 5.92. The fraction of sp³-hybridized carbons (Fsp3) is 0.333. The van der Waals surface area contributed by atoms with Gasteiger partial charge in [-0.3, -0.25) is 0 Å². The van der Waals surface area contributed by atoms with Gasteiger partial charge in [0.25, 0.3) is 0 Å². The number of carbonyl (C=O) groups is 2. The second-order valence-corrected chi connectivity index (χ2v) is 5.72. The topological polar surface area (TPSA) is 92.0 Å². The van der Waals surface area contributed by atoms with Crippen LogP contribution in [0.5, 0.6) is 5.75 Å². The van der Waals surface area contributed by atoms with E-state index in [4.69, 9.17) is 14.9 Å². The zero-order valence-corrected chi connectivity index (χ0v) is 14.8. The van der Waals surface area contributed by atoms with Crippen molar-refractivity contribution in [3.05, 3.63) is 42.6 Å². The molecule has 0 saturated carbocycles. The van der Waals surface area contributed by atoms with Gasteiger partial charge in [0.05, 0.1) is 7.11 Å². The predicted octanol–water partition coefficient (Wildman–Crippen LogP) is 2.31. The molecule has 0 saturated heterocycles. The van der Waals surface area contributed by atoms with Gasteiger partial charge in [0, 0.05) is 41.8 Å². The van der Waals surface area contributed by atoms with Gasteiger partial charge >= 0.3 is 11.9 Å². The summed E-state index contributed by atoms with van der Waals surface area (Å²) in [5.74, 6) is -1.60. The molecule has 0 fully saturated rings. The minimum atomic E-state index is -1.26. The van der Waals surface area contributed by atoms with Gasteiger partial charge in [0.2, 0.25) is 0 Å². The highest BCUT2D eigenvalue weighted by Gasteiger charge is 2.08. The summed E-state index contributed by atoms with van der Waals surface area (Å²) in [6.45, 7) is 3.23. The van der Waals surface area contributed by atoms with Crippen molar-refractivity contribution in [2.24, 2.45) is 0 Å². The number of nitrogens with zero attached hydrogens (tertiary/aromatic N) is 2. The molecular formula is C18H24N2O5. The Morgan fingerprint density at radius 1 is 1.20 bits per heavy atom. The molecule has 1 atom stereocenters. The van der Waals surface area contributed by atoms with E-state index in [-0.39, 0.29) is 0 Å². The second-order valence-electron chi connectivity index (χ2n) is 5.72. The van der Waals surface area contributed by atoms with Crippen molar-refractivity contribution >= 4 is 22.8 Å². The summed E-state index contributed by atoms with van der Waals surface area (Å²) in [6, 6.07) is 8.87. The number of carboxylic acids is 2. The first kappa shape index (κ1) is 20.2. The van der Waals surface area contributed by atoms with E-state index in [9.17, 15) is 9.59 Å². The van der Waals surface area contributed by atoms with Gasteiger partial charge in [-0.15, -0.1) is 0 Å². The summed E-state index contributed by atoms with van der Waals surface area (Å²) in [5.41, 5.74) is 1.26. The van der Waals surface area contributed by atoms with E-state index >= 15 is 0 Å². The fourth-order valence-electron chi connectivity index (χ4n) is 2.05. The first-order chi connectivity index (χ1) is 11.7. The zero-order valence-electron chi connectivity index (χ0n) is 14.8. The van der Waals surface area contributed by atoms with Crippen LogP contribution in [0.1, 0.15) is 6.92 Å². The third-order valence-corrected chi connectivity index (χ3v) is 3.69. The van der Waals surface area contributed by atoms with Crippen molar-refractivity contribution in [2.75, 3.05) is 21.2 Å². The predicted molar refractivity (Wildman–Crippen MR) is 96.1 cm³/mol. The maximum absolute atomic E-state index is 9.55. The van der Waals surface area contributed by atoms with Crippen LogP contribution in [-0.4, -0.2) is 58.9 Å². The third-order valence-electron chi connectivity index (χ3n) is 3.69. The number of carboxylic acid groups (broad SMARTS) is 2. The standard InChI is InChI=1S/C14H20N2O.C4H4O4/c1-11(15(2)3)10-16-8-7-12-9-13(17-4)5-6-14(12)16;5-3(6)1-2-4(7)8/h5-9,11H,10H2,1-4H3;1-2H,(H,5,6)(H,7,8)/b;2-1-/t11-;/m1./s1. The molecule has 1 aromatic heterocycles. The Labute approximate surface area is 146 Å². The van der Waals surface area contributed by atoms with Crippen LogP contribution in [0.4, 0.5) is 0 Å². The van der Waals surface area contributed by atoms with Gasteiger partial charge in [-0.05, 0) is 45.3 Å². The number of ether oxygens (including phenoxy) is 1. The Hall–Kier alpha value is -2.80. The van der Waals surface area contributed by atoms with Crippen LogP contribution in [0.15, 0.2) is 42.6 Å². The number of hydrogen-bond donors (Lipinski definition) is 2. The first-order valence-electron chi connectivity index (χ1n) is 7.67. The fourth-order valence-corrected chi connectivity index (χ4v) is 2.05. The van der Waals surface area contributed by atoms with Crippen molar-refractivity contribution in [1.29, 1.82) is 0 Å². The van der Waals surface area contributed by atoms with E-state index in [1.807, 2.05) is 6.07 Å². The van der Waals surface area contributed by atoms with Crippen LogP contribution in [0, 0.1) is 0 Å². The van der Waals surface area contributed by atoms with Gasteiger partial charge in [0.1, 0.15) is 5.75 Å². The van der Waals surface area contributed by atoms with E-state index in [2.05, 4.69) is 54.9 Å². The lowest BCUT2D eigenvalue weighted by molar-refractivity contribution is -0.134. The summed E-state index contributed by atoms with van der Waals surface area (Å²) in [4.78, 5) is 21.3. The first-order valence-corrected chi connectivity index (χ1v) is 7.67.